The van der Waals surface area contributed by atoms with Crippen molar-refractivity contribution in [1.29, 1.82) is 0 Å². The van der Waals surface area contributed by atoms with E-state index >= 15 is 0 Å². The van der Waals surface area contributed by atoms with Gasteiger partial charge in [0.15, 0.2) is 6.61 Å². The first-order chi connectivity index (χ1) is 17.9. The third-order valence-electron chi connectivity index (χ3n) is 6.04. The van der Waals surface area contributed by atoms with Crippen molar-refractivity contribution < 1.29 is 14.3 Å². The second-order valence-electron chi connectivity index (χ2n) is 10.7. The minimum atomic E-state index is -0.768. The highest BCUT2D eigenvalue weighted by Gasteiger charge is 2.33. The summed E-state index contributed by atoms with van der Waals surface area (Å²) in [6, 6.07) is 22.1. The van der Waals surface area contributed by atoms with Gasteiger partial charge in [-0.2, -0.15) is 0 Å². The van der Waals surface area contributed by atoms with Gasteiger partial charge in [0.2, 0.25) is 5.91 Å². The zero-order valence-corrected chi connectivity index (χ0v) is 25.0. The molecule has 1 atom stereocenters. The molecule has 0 spiro atoms. The maximum atomic E-state index is 13.8. The van der Waals surface area contributed by atoms with E-state index in [-0.39, 0.29) is 25.0 Å². The Labute approximate surface area is 239 Å². The van der Waals surface area contributed by atoms with Crippen molar-refractivity contribution >= 4 is 39.3 Å². The third kappa shape index (κ3) is 8.60. The Balaban J connectivity index is 1.94. The molecule has 1 N–H and O–H groups in total. The first kappa shape index (κ1) is 29.7. The Kier molecular flexibility index (Phi) is 10.4. The molecule has 5 nitrogen and oxygen atoms in total. The predicted octanol–water partition coefficient (Wildman–Crippen LogP) is 7.16. The molecule has 7 heteroatoms. The van der Waals surface area contributed by atoms with Crippen LogP contribution in [0.25, 0.3) is 0 Å². The maximum Gasteiger partial charge on any atom is 0.261 e. The fraction of sp³-hybridized carbons (Fsp3) is 0.355. The van der Waals surface area contributed by atoms with Crippen LogP contribution in [0.15, 0.2) is 77.3 Å². The number of nitrogens with zero attached hydrogens (tertiary/aromatic N) is 1. The summed E-state index contributed by atoms with van der Waals surface area (Å²) in [6.45, 7) is 9.95. The van der Waals surface area contributed by atoms with Crippen molar-refractivity contribution in [3.63, 3.8) is 0 Å². The van der Waals surface area contributed by atoms with Gasteiger partial charge in [0.25, 0.3) is 5.91 Å². The predicted molar refractivity (Wildman–Crippen MR) is 158 cm³/mol. The van der Waals surface area contributed by atoms with Gasteiger partial charge in [-0.05, 0) is 77.5 Å². The van der Waals surface area contributed by atoms with E-state index in [4.69, 9.17) is 16.3 Å². The van der Waals surface area contributed by atoms with E-state index in [1.54, 1.807) is 11.0 Å². The van der Waals surface area contributed by atoms with Crippen LogP contribution in [0.3, 0.4) is 0 Å². The summed E-state index contributed by atoms with van der Waals surface area (Å²) >= 11 is 10.0. The highest BCUT2D eigenvalue weighted by molar-refractivity contribution is 9.10. The van der Waals surface area contributed by atoms with Gasteiger partial charge < -0.3 is 15.0 Å². The summed E-state index contributed by atoms with van der Waals surface area (Å²) in [4.78, 5) is 29.0. The number of carbonyl (C=O) groups excluding carboxylic acids is 2. The first-order valence-corrected chi connectivity index (χ1v) is 13.9. The summed E-state index contributed by atoms with van der Waals surface area (Å²) in [5.74, 6) is 0.395. The summed E-state index contributed by atoms with van der Waals surface area (Å²) in [7, 11) is 0. The van der Waals surface area contributed by atoms with Crippen LogP contribution in [-0.4, -0.2) is 34.9 Å². The van der Waals surface area contributed by atoms with Crippen LogP contribution in [-0.2, 0) is 22.6 Å². The average molecular weight is 600 g/mol. The molecule has 0 heterocycles. The zero-order valence-electron chi connectivity index (χ0n) is 22.6. The van der Waals surface area contributed by atoms with Crippen LogP contribution in [0.5, 0.6) is 5.75 Å². The molecule has 38 heavy (non-hydrogen) atoms. The average Bonchev–Trinajstić information content (AvgIpc) is 2.85. The SMILES string of the molecule is CC(C)c1ccc(OCC(=O)N(Cc2ccccc2Cl)[C@@H](Cc2ccccc2)C(=O)NC(C)(C)C)c(Br)c1. The number of halogens is 2. The zero-order chi connectivity index (χ0) is 27.9. The molecule has 0 aliphatic rings. The molecule has 0 saturated carbocycles. The number of carbonyl (C=O) groups is 2. The lowest BCUT2D eigenvalue weighted by Crippen LogP contribution is -2.55. The van der Waals surface area contributed by atoms with Crippen molar-refractivity contribution in [1.82, 2.24) is 10.2 Å². The minimum Gasteiger partial charge on any atom is -0.483 e. The van der Waals surface area contributed by atoms with Crippen LogP contribution in [0.1, 0.15) is 57.2 Å². The fourth-order valence-corrected chi connectivity index (χ4v) is 4.74. The van der Waals surface area contributed by atoms with Gasteiger partial charge in [-0.15, -0.1) is 0 Å². The molecule has 0 unspecified atom stereocenters. The summed E-state index contributed by atoms with van der Waals surface area (Å²) < 4.78 is 6.74. The van der Waals surface area contributed by atoms with E-state index < -0.39 is 11.6 Å². The van der Waals surface area contributed by atoms with Gasteiger partial charge in [0, 0.05) is 23.5 Å². The molecular weight excluding hydrogens is 564 g/mol. The number of rotatable bonds is 10. The molecule has 0 bridgehead atoms. The van der Waals surface area contributed by atoms with Crippen LogP contribution in [0, 0.1) is 0 Å². The van der Waals surface area contributed by atoms with Crippen molar-refractivity contribution in [3.05, 3.63) is 99.0 Å². The Bertz CT molecular complexity index is 1240. The Morgan fingerprint density at radius 2 is 1.66 bits per heavy atom. The molecule has 3 rings (SSSR count). The molecule has 0 aliphatic carbocycles. The van der Waals surface area contributed by atoms with Crippen molar-refractivity contribution in [2.24, 2.45) is 0 Å². The number of hydrogen-bond donors (Lipinski definition) is 1. The van der Waals surface area contributed by atoms with Gasteiger partial charge in [0.1, 0.15) is 11.8 Å². The Morgan fingerprint density at radius 3 is 2.26 bits per heavy atom. The second kappa shape index (κ2) is 13.3. The molecular formula is C31H36BrClN2O3. The van der Waals surface area contributed by atoms with E-state index in [9.17, 15) is 9.59 Å². The van der Waals surface area contributed by atoms with Crippen LogP contribution in [0.2, 0.25) is 5.02 Å². The Morgan fingerprint density at radius 1 is 1.00 bits per heavy atom. The van der Waals surface area contributed by atoms with Gasteiger partial charge >= 0.3 is 0 Å². The molecule has 0 aliphatic heterocycles. The van der Waals surface area contributed by atoms with Crippen LogP contribution in [0.4, 0.5) is 0 Å². The van der Waals surface area contributed by atoms with E-state index in [1.165, 1.54) is 0 Å². The molecule has 0 aromatic heterocycles. The number of nitrogens with one attached hydrogen (secondary N) is 1. The molecule has 2 amide bonds. The molecule has 0 fully saturated rings. The summed E-state index contributed by atoms with van der Waals surface area (Å²) in [5, 5.41) is 3.60. The van der Waals surface area contributed by atoms with E-state index in [0.717, 1.165) is 21.2 Å². The standard InChI is InChI=1S/C31H36BrClN2O3/c1-21(2)23-15-16-28(25(32)18-23)38-20-29(36)35(19-24-13-9-10-14-26(24)33)27(30(37)34-31(3,4)5)17-22-11-7-6-8-12-22/h6-16,18,21,27H,17,19-20H2,1-5H3,(H,34,37)/t27-/m0/s1. The second-order valence-corrected chi connectivity index (χ2v) is 12.0. The first-order valence-electron chi connectivity index (χ1n) is 12.8. The number of ether oxygens (including phenoxy) is 1. The topological polar surface area (TPSA) is 58.6 Å². The maximum absolute atomic E-state index is 13.8. The van der Waals surface area contributed by atoms with Gasteiger partial charge in [-0.3, -0.25) is 9.59 Å². The van der Waals surface area contributed by atoms with Gasteiger partial charge in [-0.25, -0.2) is 0 Å². The quantitative estimate of drug-likeness (QED) is 0.269. The fourth-order valence-electron chi connectivity index (χ4n) is 4.03. The van der Waals surface area contributed by atoms with Crippen LogP contribution < -0.4 is 10.1 Å². The highest BCUT2D eigenvalue weighted by Crippen LogP contribution is 2.29. The van der Waals surface area contributed by atoms with E-state index in [0.29, 0.717) is 23.1 Å². The van der Waals surface area contributed by atoms with Crippen molar-refractivity contribution in [2.45, 2.75) is 65.1 Å². The smallest absolute Gasteiger partial charge is 0.261 e. The van der Waals surface area contributed by atoms with Crippen molar-refractivity contribution in [2.75, 3.05) is 6.61 Å². The lowest BCUT2D eigenvalue weighted by Gasteiger charge is -2.34. The largest absolute Gasteiger partial charge is 0.483 e. The van der Waals surface area contributed by atoms with E-state index in [2.05, 4.69) is 35.1 Å². The Hall–Kier alpha value is -2.83. The highest BCUT2D eigenvalue weighted by atomic mass is 79.9. The number of benzene rings is 3. The lowest BCUT2D eigenvalue weighted by atomic mass is 10.0. The molecule has 0 radical (unpaired) electrons. The normalized spacial score (nSPS) is 12.2. The minimum absolute atomic E-state index is 0.171. The molecule has 0 saturated heterocycles. The van der Waals surface area contributed by atoms with Crippen molar-refractivity contribution in [3.8, 4) is 5.75 Å². The monoisotopic (exact) mass is 598 g/mol. The molecule has 3 aromatic rings. The van der Waals surface area contributed by atoms with Crippen LogP contribution >= 0.6 is 27.5 Å². The lowest BCUT2D eigenvalue weighted by molar-refractivity contribution is -0.143. The summed E-state index contributed by atoms with van der Waals surface area (Å²) in [5.41, 5.74) is 2.40. The molecule has 3 aromatic carbocycles. The van der Waals surface area contributed by atoms with E-state index in [1.807, 2.05) is 87.5 Å². The number of hydrogen-bond acceptors (Lipinski definition) is 3. The summed E-state index contributed by atoms with van der Waals surface area (Å²) in [6.07, 6.45) is 0.353. The molecule has 202 valence electrons. The third-order valence-corrected chi connectivity index (χ3v) is 7.03. The van der Waals surface area contributed by atoms with Gasteiger partial charge in [-0.1, -0.05) is 80.0 Å². The number of amides is 2. The van der Waals surface area contributed by atoms with Gasteiger partial charge in [0.05, 0.1) is 4.47 Å².